The first-order valence-corrected chi connectivity index (χ1v) is 15.1. The van der Waals surface area contributed by atoms with Crippen LogP contribution in [0.2, 0.25) is 0 Å². The Bertz CT molecular complexity index is 1360. The number of nitrogens with zero attached hydrogens (tertiary/aromatic N) is 2. The Morgan fingerprint density at radius 2 is 1.62 bits per heavy atom. The summed E-state index contributed by atoms with van der Waals surface area (Å²) >= 11 is 0. The molecule has 1 N–H and O–H groups in total. The van der Waals surface area contributed by atoms with Gasteiger partial charge in [-0.1, -0.05) is 66.7 Å². The zero-order valence-electron chi connectivity index (χ0n) is 23.3. The first-order chi connectivity index (χ1) is 18.6. The second-order valence-corrected chi connectivity index (χ2v) is 11.7. The molecule has 8 heteroatoms. The molecule has 0 fully saturated rings. The molecular weight excluding hydrogens is 510 g/mol. The van der Waals surface area contributed by atoms with Crippen LogP contribution in [-0.2, 0) is 32.6 Å². The van der Waals surface area contributed by atoms with Crippen LogP contribution in [0.4, 0.5) is 5.69 Å². The number of amides is 2. The maximum atomic E-state index is 13.8. The number of rotatable bonds is 13. The fourth-order valence-corrected chi connectivity index (χ4v) is 5.56. The first-order valence-electron chi connectivity index (χ1n) is 13.3. The van der Waals surface area contributed by atoms with E-state index in [0.717, 1.165) is 22.3 Å². The van der Waals surface area contributed by atoms with Gasteiger partial charge in [0.2, 0.25) is 21.8 Å². The number of carbonyl (C=O) groups is 2. The van der Waals surface area contributed by atoms with Crippen molar-refractivity contribution in [2.75, 3.05) is 23.7 Å². The predicted molar refractivity (Wildman–Crippen MR) is 157 cm³/mol. The summed E-state index contributed by atoms with van der Waals surface area (Å²) in [7, 11) is -3.54. The van der Waals surface area contributed by atoms with Gasteiger partial charge in [0, 0.05) is 32.5 Å². The van der Waals surface area contributed by atoms with Gasteiger partial charge in [-0.3, -0.25) is 13.9 Å². The van der Waals surface area contributed by atoms with Crippen molar-refractivity contribution in [1.82, 2.24) is 10.2 Å². The van der Waals surface area contributed by atoms with Gasteiger partial charge >= 0.3 is 0 Å². The number of sulfonamides is 1. The third-order valence-electron chi connectivity index (χ3n) is 6.67. The number of hydrogen-bond acceptors (Lipinski definition) is 4. The molecule has 0 bridgehead atoms. The Balaban J connectivity index is 1.87. The molecule has 3 rings (SSSR count). The monoisotopic (exact) mass is 549 g/mol. The largest absolute Gasteiger partial charge is 0.355 e. The molecule has 0 aliphatic heterocycles. The molecule has 0 heterocycles. The minimum atomic E-state index is -3.54. The molecule has 1 atom stereocenters. The number of nitrogens with one attached hydrogen (secondary N) is 1. The van der Waals surface area contributed by atoms with Crippen LogP contribution in [0.25, 0.3) is 0 Å². The van der Waals surface area contributed by atoms with Gasteiger partial charge in [-0.2, -0.15) is 0 Å². The zero-order chi connectivity index (χ0) is 28.4. The lowest BCUT2D eigenvalue weighted by Gasteiger charge is -2.32. The van der Waals surface area contributed by atoms with E-state index in [1.807, 2.05) is 93.6 Å². The van der Waals surface area contributed by atoms with E-state index < -0.39 is 16.1 Å². The summed E-state index contributed by atoms with van der Waals surface area (Å²) in [6.07, 6.45) is 1.97. The van der Waals surface area contributed by atoms with E-state index in [1.165, 1.54) is 10.6 Å². The fourth-order valence-electron chi connectivity index (χ4n) is 4.60. The summed E-state index contributed by atoms with van der Waals surface area (Å²) in [5, 5.41) is 2.90. The summed E-state index contributed by atoms with van der Waals surface area (Å²) in [5.41, 5.74) is 4.48. The SMILES string of the molecule is CCNC(=O)C(Cc1ccccc1)N(Cc1ccccc1C)C(=O)CCCN(c1cccc(C)c1)S(C)(=O)=O. The first kappa shape index (κ1) is 29.9. The molecule has 0 saturated heterocycles. The van der Waals surface area contributed by atoms with E-state index in [1.54, 1.807) is 11.0 Å². The van der Waals surface area contributed by atoms with Crippen LogP contribution >= 0.6 is 0 Å². The quantitative estimate of drug-likeness (QED) is 0.337. The summed E-state index contributed by atoms with van der Waals surface area (Å²) in [6, 6.07) is 24.1. The minimum absolute atomic E-state index is 0.106. The molecular formula is C31H39N3O4S. The zero-order valence-corrected chi connectivity index (χ0v) is 24.1. The average molecular weight is 550 g/mol. The highest BCUT2D eigenvalue weighted by Crippen LogP contribution is 2.21. The van der Waals surface area contributed by atoms with Crippen molar-refractivity contribution in [3.05, 3.63) is 101 Å². The fraction of sp³-hybridized carbons (Fsp3) is 0.355. The summed E-state index contributed by atoms with van der Waals surface area (Å²) in [5.74, 6) is -0.399. The molecule has 0 radical (unpaired) electrons. The van der Waals surface area contributed by atoms with Gasteiger partial charge in [0.15, 0.2) is 0 Å². The molecule has 0 saturated carbocycles. The maximum Gasteiger partial charge on any atom is 0.243 e. The molecule has 2 amide bonds. The standard InChI is InChI=1S/C31H39N3O4S/c1-5-32-31(36)29(22-26-15-7-6-8-16-26)33(23-27-17-10-9-14-25(27)3)30(35)19-12-20-34(39(4,37)38)28-18-11-13-24(2)21-28/h6-11,13-18,21,29H,5,12,19-20,22-23H2,1-4H3,(H,32,36). The van der Waals surface area contributed by atoms with E-state index >= 15 is 0 Å². The normalized spacial score (nSPS) is 12.0. The van der Waals surface area contributed by atoms with Crippen LogP contribution < -0.4 is 9.62 Å². The molecule has 3 aromatic rings. The average Bonchev–Trinajstić information content (AvgIpc) is 2.89. The van der Waals surface area contributed by atoms with Crippen molar-refractivity contribution in [1.29, 1.82) is 0 Å². The van der Waals surface area contributed by atoms with Crippen LogP contribution in [0.15, 0.2) is 78.9 Å². The van der Waals surface area contributed by atoms with Gasteiger partial charge in [-0.15, -0.1) is 0 Å². The molecule has 0 aromatic heterocycles. The molecule has 3 aromatic carbocycles. The van der Waals surface area contributed by atoms with E-state index in [4.69, 9.17) is 0 Å². The molecule has 0 aliphatic rings. The Labute approximate surface area is 232 Å². The van der Waals surface area contributed by atoms with Crippen LogP contribution in [0.3, 0.4) is 0 Å². The van der Waals surface area contributed by atoms with Gasteiger partial charge < -0.3 is 10.2 Å². The Kier molecular flexibility index (Phi) is 10.7. The molecule has 1 unspecified atom stereocenters. The Morgan fingerprint density at radius 1 is 0.923 bits per heavy atom. The summed E-state index contributed by atoms with van der Waals surface area (Å²) < 4.78 is 26.5. The molecule has 0 spiro atoms. The number of aryl methyl sites for hydroxylation is 2. The van der Waals surface area contributed by atoms with E-state index in [0.29, 0.717) is 25.1 Å². The summed E-state index contributed by atoms with van der Waals surface area (Å²) in [4.78, 5) is 28.8. The number of benzene rings is 3. The summed E-state index contributed by atoms with van der Waals surface area (Å²) in [6.45, 7) is 6.66. The van der Waals surface area contributed by atoms with E-state index in [-0.39, 0.29) is 31.3 Å². The number of hydrogen-bond donors (Lipinski definition) is 1. The lowest BCUT2D eigenvalue weighted by molar-refractivity contribution is -0.141. The predicted octanol–water partition coefficient (Wildman–Crippen LogP) is 4.63. The van der Waals surface area contributed by atoms with Gasteiger partial charge in [0.05, 0.1) is 11.9 Å². The second-order valence-electron chi connectivity index (χ2n) is 9.83. The maximum absolute atomic E-state index is 13.8. The highest BCUT2D eigenvalue weighted by Gasteiger charge is 2.30. The van der Waals surface area contributed by atoms with Crippen molar-refractivity contribution in [2.24, 2.45) is 0 Å². The second kappa shape index (κ2) is 13.9. The van der Waals surface area contributed by atoms with Crippen LogP contribution in [0.5, 0.6) is 0 Å². The molecule has 208 valence electrons. The van der Waals surface area contributed by atoms with Crippen molar-refractivity contribution < 1.29 is 18.0 Å². The Hall–Kier alpha value is -3.65. The van der Waals surface area contributed by atoms with Crippen molar-refractivity contribution >= 4 is 27.5 Å². The van der Waals surface area contributed by atoms with Gasteiger partial charge in [-0.25, -0.2) is 8.42 Å². The van der Waals surface area contributed by atoms with E-state index in [9.17, 15) is 18.0 Å². The third kappa shape index (κ3) is 8.68. The Morgan fingerprint density at radius 3 is 2.26 bits per heavy atom. The van der Waals surface area contributed by atoms with Crippen molar-refractivity contribution in [3.8, 4) is 0 Å². The molecule has 39 heavy (non-hydrogen) atoms. The highest BCUT2D eigenvalue weighted by atomic mass is 32.2. The molecule has 0 aliphatic carbocycles. The van der Waals surface area contributed by atoms with Crippen molar-refractivity contribution in [2.45, 2.75) is 52.6 Å². The number of likely N-dealkylation sites (N-methyl/N-ethyl adjacent to an activating group) is 1. The van der Waals surface area contributed by atoms with Crippen LogP contribution in [0.1, 0.15) is 42.0 Å². The minimum Gasteiger partial charge on any atom is -0.355 e. The number of anilines is 1. The molecule has 7 nitrogen and oxygen atoms in total. The third-order valence-corrected chi connectivity index (χ3v) is 7.86. The van der Waals surface area contributed by atoms with Crippen LogP contribution in [0, 0.1) is 13.8 Å². The lowest BCUT2D eigenvalue weighted by atomic mass is 10.0. The van der Waals surface area contributed by atoms with Gasteiger partial charge in [-0.05, 0) is 61.6 Å². The van der Waals surface area contributed by atoms with Gasteiger partial charge in [0.25, 0.3) is 0 Å². The van der Waals surface area contributed by atoms with Crippen molar-refractivity contribution in [3.63, 3.8) is 0 Å². The van der Waals surface area contributed by atoms with Crippen LogP contribution in [-0.4, -0.2) is 50.5 Å². The van der Waals surface area contributed by atoms with E-state index in [2.05, 4.69) is 5.32 Å². The smallest absolute Gasteiger partial charge is 0.243 e. The highest BCUT2D eigenvalue weighted by molar-refractivity contribution is 7.92. The van der Waals surface area contributed by atoms with Gasteiger partial charge in [0.1, 0.15) is 6.04 Å². The topological polar surface area (TPSA) is 86.8 Å². The number of carbonyl (C=O) groups excluding carboxylic acids is 2. The lowest BCUT2D eigenvalue weighted by Crippen LogP contribution is -2.50.